The van der Waals surface area contributed by atoms with Crippen LogP contribution in [-0.4, -0.2) is 30.1 Å². The molecular formula is C20H21NO4. The Morgan fingerprint density at radius 3 is 2.44 bits per heavy atom. The third kappa shape index (κ3) is 4.53. The van der Waals surface area contributed by atoms with Gasteiger partial charge in [0.25, 0.3) is 0 Å². The number of nitrogens with zero attached hydrogens (tertiary/aromatic N) is 1. The number of hydrogen-bond acceptors (Lipinski definition) is 5. The van der Waals surface area contributed by atoms with Gasteiger partial charge in [-0.1, -0.05) is 24.3 Å². The lowest BCUT2D eigenvalue weighted by Crippen LogP contribution is -2.10. The zero-order valence-corrected chi connectivity index (χ0v) is 14.6. The number of pyridine rings is 1. The van der Waals surface area contributed by atoms with Crippen molar-refractivity contribution >= 4 is 18.0 Å². The molecule has 0 radical (unpaired) electrons. The predicted molar refractivity (Wildman–Crippen MR) is 96.0 cm³/mol. The van der Waals surface area contributed by atoms with E-state index in [1.807, 2.05) is 37.3 Å². The molecule has 0 aliphatic carbocycles. The van der Waals surface area contributed by atoms with Crippen LogP contribution >= 0.6 is 0 Å². The van der Waals surface area contributed by atoms with Crippen molar-refractivity contribution in [3.63, 3.8) is 0 Å². The SMILES string of the molecule is CCOC(=O)/C=C/c1c(-c2ccccc2C)ccnc1C(=O)OCC. The van der Waals surface area contributed by atoms with Gasteiger partial charge in [0, 0.05) is 17.8 Å². The number of benzene rings is 1. The molecule has 0 unspecified atom stereocenters. The second-order valence-corrected chi connectivity index (χ2v) is 5.24. The molecule has 0 saturated carbocycles. The first-order valence-electron chi connectivity index (χ1n) is 8.15. The fourth-order valence-electron chi connectivity index (χ4n) is 2.46. The van der Waals surface area contributed by atoms with Crippen LogP contribution < -0.4 is 0 Å². The van der Waals surface area contributed by atoms with Gasteiger partial charge < -0.3 is 9.47 Å². The highest BCUT2D eigenvalue weighted by atomic mass is 16.5. The Balaban J connectivity index is 2.59. The van der Waals surface area contributed by atoms with Crippen LogP contribution in [0.1, 0.15) is 35.5 Å². The van der Waals surface area contributed by atoms with Crippen molar-refractivity contribution in [2.45, 2.75) is 20.8 Å². The van der Waals surface area contributed by atoms with Crippen LogP contribution in [-0.2, 0) is 14.3 Å². The molecule has 1 aromatic heterocycles. The Bertz CT molecular complexity index is 796. The fraction of sp³-hybridized carbons (Fsp3) is 0.250. The minimum Gasteiger partial charge on any atom is -0.463 e. The van der Waals surface area contributed by atoms with E-state index in [9.17, 15) is 9.59 Å². The first-order valence-corrected chi connectivity index (χ1v) is 8.15. The van der Waals surface area contributed by atoms with Crippen LogP contribution in [0.2, 0.25) is 0 Å². The molecule has 0 fully saturated rings. The molecule has 1 aromatic carbocycles. The molecule has 0 spiro atoms. The highest BCUT2D eigenvalue weighted by Crippen LogP contribution is 2.29. The Morgan fingerprint density at radius 2 is 1.76 bits per heavy atom. The molecule has 1 heterocycles. The molecule has 0 bridgehead atoms. The molecular weight excluding hydrogens is 318 g/mol. The van der Waals surface area contributed by atoms with Crippen molar-refractivity contribution in [3.8, 4) is 11.1 Å². The summed E-state index contributed by atoms with van der Waals surface area (Å²) in [5, 5.41) is 0. The quantitative estimate of drug-likeness (QED) is 0.591. The maximum absolute atomic E-state index is 12.3. The van der Waals surface area contributed by atoms with Crippen LogP contribution in [0.4, 0.5) is 0 Å². The van der Waals surface area contributed by atoms with E-state index in [0.29, 0.717) is 5.56 Å². The van der Waals surface area contributed by atoms with Crippen LogP contribution in [0, 0.1) is 6.92 Å². The van der Waals surface area contributed by atoms with Gasteiger partial charge in [0.15, 0.2) is 5.69 Å². The zero-order chi connectivity index (χ0) is 18.2. The van der Waals surface area contributed by atoms with Crippen LogP contribution in [0.3, 0.4) is 0 Å². The van der Waals surface area contributed by atoms with E-state index in [-0.39, 0.29) is 18.9 Å². The molecule has 0 aliphatic heterocycles. The predicted octanol–water partition coefficient (Wildman–Crippen LogP) is 3.81. The third-order valence-corrected chi connectivity index (χ3v) is 3.57. The summed E-state index contributed by atoms with van der Waals surface area (Å²) in [5.74, 6) is -1.00. The summed E-state index contributed by atoms with van der Waals surface area (Å²) in [5.41, 5.74) is 3.51. The normalized spacial score (nSPS) is 10.7. The average molecular weight is 339 g/mol. The fourth-order valence-corrected chi connectivity index (χ4v) is 2.46. The molecule has 0 aliphatic rings. The van der Waals surface area contributed by atoms with E-state index in [1.165, 1.54) is 6.08 Å². The summed E-state index contributed by atoms with van der Waals surface area (Å²) in [6.07, 6.45) is 4.42. The van der Waals surface area contributed by atoms with Crippen LogP contribution in [0.5, 0.6) is 0 Å². The van der Waals surface area contributed by atoms with E-state index in [1.54, 1.807) is 26.1 Å². The summed E-state index contributed by atoms with van der Waals surface area (Å²) >= 11 is 0. The number of aromatic nitrogens is 1. The van der Waals surface area contributed by atoms with Gasteiger partial charge in [0.2, 0.25) is 0 Å². The highest BCUT2D eigenvalue weighted by Gasteiger charge is 2.18. The lowest BCUT2D eigenvalue weighted by atomic mass is 9.95. The molecule has 2 aromatic rings. The van der Waals surface area contributed by atoms with Gasteiger partial charge in [-0.25, -0.2) is 14.6 Å². The van der Waals surface area contributed by atoms with E-state index in [4.69, 9.17) is 9.47 Å². The number of hydrogen-bond donors (Lipinski definition) is 0. The lowest BCUT2D eigenvalue weighted by molar-refractivity contribution is -0.137. The number of aryl methyl sites for hydroxylation is 1. The number of esters is 2. The van der Waals surface area contributed by atoms with Gasteiger partial charge in [-0.3, -0.25) is 0 Å². The third-order valence-electron chi connectivity index (χ3n) is 3.57. The topological polar surface area (TPSA) is 65.5 Å². The summed E-state index contributed by atoms with van der Waals surface area (Å²) < 4.78 is 10.0. The summed E-state index contributed by atoms with van der Waals surface area (Å²) in [7, 11) is 0. The first kappa shape index (κ1) is 18.4. The maximum Gasteiger partial charge on any atom is 0.357 e. The average Bonchev–Trinajstić information content (AvgIpc) is 2.60. The smallest absolute Gasteiger partial charge is 0.357 e. The Kier molecular flexibility index (Phi) is 6.46. The molecule has 130 valence electrons. The maximum atomic E-state index is 12.3. The monoisotopic (exact) mass is 339 g/mol. The highest BCUT2D eigenvalue weighted by molar-refractivity contribution is 5.98. The zero-order valence-electron chi connectivity index (χ0n) is 14.6. The standard InChI is InChI=1S/C20H21NO4/c1-4-24-18(22)11-10-17-16(15-9-7-6-8-14(15)3)12-13-21-19(17)20(23)25-5-2/h6-13H,4-5H2,1-3H3/b11-10+. The summed E-state index contributed by atoms with van der Waals surface area (Å²) in [6, 6.07) is 9.63. The number of rotatable bonds is 6. The second kappa shape index (κ2) is 8.78. The van der Waals surface area contributed by atoms with E-state index < -0.39 is 11.9 Å². The van der Waals surface area contributed by atoms with Crippen molar-refractivity contribution in [1.82, 2.24) is 4.98 Å². The van der Waals surface area contributed by atoms with Gasteiger partial charge in [0.05, 0.1) is 13.2 Å². The molecule has 2 rings (SSSR count). The van der Waals surface area contributed by atoms with Crippen molar-refractivity contribution in [2.24, 2.45) is 0 Å². The molecule has 0 atom stereocenters. The van der Waals surface area contributed by atoms with Crippen LogP contribution in [0.15, 0.2) is 42.6 Å². The van der Waals surface area contributed by atoms with Gasteiger partial charge in [-0.15, -0.1) is 0 Å². The van der Waals surface area contributed by atoms with Gasteiger partial charge in [-0.05, 0) is 49.6 Å². The lowest BCUT2D eigenvalue weighted by Gasteiger charge is -2.12. The van der Waals surface area contributed by atoms with Crippen molar-refractivity contribution in [1.29, 1.82) is 0 Å². The first-order chi connectivity index (χ1) is 12.1. The number of carbonyl (C=O) groups is 2. The van der Waals surface area contributed by atoms with E-state index in [2.05, 4.69) is 4.98 Å². The molecule has 0 N–H and O–H groups in total. The van der Waals surface area contributed by atoms with Crippen molar-refractivity contribution < 1.29 is 19.1 Å². The molecule has 5 heteroatoms. The molecule has 0 amide bonds. The Morgan fingerprint density at radius 1 is 1.04 bits per heavy atom. The van der Waals surface area contributed by atoms with Crippen molar-refractivity contribution in [3.05, 3.63) is 59.4 Å². The Hall–Kier alpha value is -2.95. The van der Waals surface area contributed by atoms with Crippen LogP contribution in [0.25, 0.3) is 17.2 Å². The minimum atomic E-state index is -0.526. The number of ether oxygens (including phenoxy) is 2. The summed E-state index contributed by atoms with van der Waals surface area (Å²) in [4.78, 5) is 28.1. The Labute approximate surface area is 147 Å². The van der Waals surface area contributed by atoms with Crippen molar-refractivity contribution in [2.75, 3.05) is 13.2 Å². The second-order valence-electron chi connectivity index (χ2n) is 5.24. The molecule has 25 heavy (non-hydrogen) atoms. The summed E-state index contributed by atoms with van der Waals surface area (Å²) in [6.45, 7) is 5.98. The van der Waals surface area contributed by atoms with E-state index >= 15 is 0 Å². The van der Waals surface area contributed by atoms with E-state index in [0.717, 1.165) is 16.7 Å². The minimum absolute atomic E-state index is 0.170. The number of carbonyl (C=O) groups excluding carboxylic acids is 2. The van der Waals surface area contributed by atoms with Gasteiger partial charge in [0.1, 0.15) is 0 Å². The molecule has 0 saturated heterocycles. The molecule has 5 nitrogen and oxygen atoms in total. The largest absolute Gasteiger partial charge is 0.463 e. The van der Waals surface area contributed by atoms with Gasteiger partial charge in [-0.2, -0.15) is 0 Å². The van der Waals surface area contributed by atoms with Gasteiger partial charge >= 0.3 is 11.9 Å².